The van der Waals surface area contributed by atoms with Crippen LogP contribution in [0.4, 0.5) is 8.78 Å². The van der Waals surface area contributed by atoms with Crippen LogP contribution in [0, 0.1) is 17.6 Å². The summed E-state index contributed by atoms with van der Waals surface area (Å²) in [5.74, 6) is 0.378. The number of halogens is 2. The molecule has 1 aliphatic carbocycles. The molecule has 6 heteroatoms. The lowest BCUT2D eigenvalue weighted by atomic mass is 9.78. The van der Waals surface area contributed by atoms with Gasteiger partial charge in [-0.1, -0.05) is 18.9 Å². The van der Waals surface area contributed by atoms with Crippen LogP contribution in [0.2, 0.25) is 0 Å². The van der Waals surface area contributed by atoms with Gasteiger partial charge in [0, 0.05) is 50.7 Å². The van der Waals surface area contributed by atoms with E-state index in [0.717, 1.165) is 57.8 Å². The Kier molecular flexibility index (Phi) is 6.12. The van der Waals surface area contributed by atoms with E-state index in [-0.39, 0.29) is 5.56 Å². The Morgan fingerprint density at radius 1 is 1.31 bits per heavy atom. The topological polar surface area (TPSA) is 36.9 Å². The van der Waals surface area contributed by atoms with Crippen LogP contribution in [0.15, 0.2) is 23.2 Å². The van der Waals surface area contributed by atoms with Gasteiger partial charge in [0.1, 0.15) is 11.6 Å². The Labute approximate surface area is 154 Å². The molecule has 0 spiro atoms. The maximum absolute atomic E-state index is 14.5. The van der Waals surface area contributed by atoms with Crippen LogP contribution in [0.25, 0.3) is 0 Å². The largest absolute Gasteiger partial charge is 0.381 e. The van der Waals surface area contributed by atoms with Crippen LogP contribution >= 0.6 is 0 Å². The molecule has 1 N–H and O–H groups in total. The maximum Gasteiger partial charge on any atom is 0.193 e. The van der Waals surface area contributed by atoms with Crippen molar-refractivity contribution in [3.05, 3.63) is 35.4 Å². The van der Waals surface area contributed by atoms with E-state index < -0.39 is 17.0 Å². The van der Waals surface area contributed by atoms with Crippen molar-refractivity contribution in [1.29, 1.82) is 0 Å². The van der Waals surface area contributed by atoms with Gasteiger partial charge < -0.3 is 15.0 Å². The molecular formula is C20H29F2N3O. The molecule has 0 radical (unpaired) electrons. The first-order valence-corrected chi connectivity index (χ1v) is 9.50. The van der Waals surface area contributed by atoms with Crippen molar-refractivity contribution in [2.24, 2.45) is 10.9 Å². The van der Waals surface area contributed by atoms with Crippen molar-refractivity contribution in [2.45, 2.75) is 37.5 Å². The molecule has 4 nitrogen and oxygen atoms in total. The van der Waals surface area contributed by atoms with Gasteiger partial charge in [-0.2, -0.15) is 0 Å². The predicted molar refractivity (Wildman–Crippen MR) is 99.4 cm³/mol. The van der Waals surface area contributed by atoms with Crippen molar-refractivity contribution in [1.82, 2.24) is 10.2 Å². The van der Waals surface area contributed by atoms with Gasteiger partial charge in [0.15, 0.2) is 5.96 Å². The number of benzene rings is 1. The molecule has 1 saturated heterocycles. The zero-order chi connectivity index (χ0) is 18.6. The van der Waals surface area contributed by atoms with Crippen LogP contribution in [0.3, 0.4) is 0 Å². The zero-order valence-electron chi connectivity index (χ0n) is 15.7. The van der Waals surface area contributed by atoms with Crippen molar-refractivity contribution in [2.75, 3.05) is 40.4 Å². The summed E-state index contributed by atoms with van der Waals surface area (Å²) in [4.78, 5) is 6.45. The number of aliphatic imine (C=N–C) groups is 1. The van der Waals surface area contributed by atoms with Crippen LogP contribution in [0.5, 0.6) is 0 Å². The van der Waals surface area contributed by atoms with E-state index in [4.69, 9.17) is 4.74 Å². The van der Waals surface area contributed by atoms with Gasteiger partial charge in [-0.25, -0.2) is 8.78 Å². The molecule has 1 saturated carbocycles. The lowest BCUT2D eigenvalue weighted by Crippen LogP contribution is -2.47. The van der Waals surface area contributed by atoms with Gasteiger partial charge in [0.05, 0.1) is 6.61 Å². The Hall–Kier alpha value is -1.69. The van der Waals surface area contributed by atoms with Gasteiger partial charge in [0.25, 0.3) is 0 Å². The van der Waals surface area contributed by atoms with E-state index >= 15 is 0 Å². The number of guanidine groups is 1. The SMILES string of the molecule is CN=C(NCC1(c2c(F)cccc2F)CCCC1)N(C)CC1CCOC1. The molecule has 0 aromatic heterocycles. The number of hydrogen-bond donors (Lipinski definition) is 1. The zero-order valence-corrected chi connectivity index (χ0v) is 15.7. The first-order chi connectivity index (χ1) is 12.6. The van der Waals surface area contributed by atoms with Crippen molar-refractivity contribution in [3.8, 4) is 0 Å². The fourth-order valence-corrected chi connectivity index (χ4v) is 4.41. The Morgan fingerprint density at radius 2 is 2.00 bits per heavy atom. The Balaban J connectivity index is 1.72. The van der Waals surface area contributed by atoms with Crippen LogP contribution in [-0.4, -0.2) is 51.3 Å². The molecule has 144 valence electrons. The van der Waals surface area contributed by atoms with E-state index in [1.54, 1.807) is 7.05 Å². The molecular weight excluding hydrogens is 336 g/mol. The summed E-state index contributed by atoms with van der Waals surface area (Å²) in [6, 6.07) is 4.15. The van der Waals surface area contributed by atoms with E-state index in [1.807, 2.05) is 7.05 Å². The lowest BCUT2D eigenvalue weighted by Gasteiger charge is -2.33. The minimum Gasteiger partial charge on any atom is -0.381 e. The van der Waals surface area contributed by atoms with Crippen molar-refractivity contribution >= 4 is 5.96 Å². The summed E-state index contributed by atoms with van der Waals surface area (Å²) in [6.07, 6.45) is 4.61. The average molecular weight is 365 g/mol. The molecule has 2 fully saturated rings. The second-order valence-corrected chi connectivity index (χ2v) is 7.60. The smallest absolute Gasteiger partial charge is 0.193 e. The standard InChI is InChI=1S/C20H29F2N3O/c1-23-19(25(2)12-15-8-11-26-13-15)24-14-20(9-3-4-10-20)18-16(21)6-5-7-17(18)22/h5-7,15H,3-4,8-14H2,1-2H3,(H,23,24). The van der Waals surface area contributed by atoms with Gasteiger partial charge in [-0.3, -0.25) is 4.99 Å². The highest BCUT2D eigenvalue weighted by molar-refractivity contribution is 5.79. The molecule has 1 heterocycles. The third kappa shape index (κ3) is 4.00. The predicted octanol–water partition coefficient (Wildman–Crippen LogP) is 3.32. The summed E-state index contributed by atoms with van der Waals surface area (Å²) >= 11 is 0. The van der Waals surface area contributed by atoms with Gasteiger partial charge in [0.2, 0.25) is 0 Å². The number of ether oxygens (including phenoxy) is 1. The second-order valence-electron chi connectivity index (χ2n) is 7.60. The highest BCUT2D eigenvalue weighted by Gasteiger charge is 2.40. The first-order valence-electron chi connectivity index (χ1n) is 9.50. The quantitative estimate of drug-likeness (QED) is 0.642. The fraction of sp³-hybridized carbons (Fsp3) is 0.650. The third-order valence-corrected chi connectivity index (χ3v) is 5.77. The van der Waals surface area contributed by atoms with Gasteiger partial charge in [-0.05, 0) is 31.4 Å². The summed E-state index contributed by atoms with van der Waals surface area (Å²) < 4.78 is 34.4. The second kappa shape index (κ2) is 8.33. The highest BCUT2D eigenvalue weighted by atomic mass is 19.1. The third-order valence-electron chi connectivity index (χ3n) is 5.77. The first kappa shape index (κ1) is 19.1. The molecule has 1 aliphatic heterocycles. The summed E-state index contributed by atoms with van der Waals surface area (Å²) in [5.41, 5.74) is -0.282. The average Bonchev–Trinajstić information content (AvgIpc) is 3.28. The van der Waals surface area contributed by atoms with Gasteiger partial charge in [-0.15, -0.1) is 0 Å². The van der Waals surface area contributed by atoms with E-state index in [9.17, 15) is 8.78 Å². The summed E-state index contributed by atoms with van der Waals surface area (Å²) in [7, 11) is 3.74. The van der Waals surface area contributed by atoms with Crippen LogP contribution in [0.1, 0.15) is 37.7 Å². The van der Waals surface area contributed by atoms with Crippen molar-refractivity contribution < 1.29 is 13.5 Å². The van der Waals surface area contributed by atoms with E-state index in [1.165, 1.54) is 18.2 Å². The minimum atomic E-state index is -0.511. The molecule has 0 amide bonds. The summed E-state index contributed by atoms with van der Waals surface area (Å²) in [6.45, 7) is 2.95. The van der Waals surface area contributed by atoms with Crippen molar-refractivity contribution in [3.63, 3.8) is 0 Å². The van der Waals surface area contributed by atoms with Gasteiger partial charge >= 0.3 is 0 Å². The molecule has 2 aliphatic rings. The number of rotatable bonds is 5. The lowest BCUT2D eigenvalue weighted by molar-refractivity contribution is 0.181. The number of nitrogens with one attached hydrogen (secondary N) is 1. The molecule has 1 aromatic carbocycles. The molecule has 1 atom stereocenters. The highest BCUT2D eigenvalue weighted by Crippen LogP contribution is 2.42. The molecule has 0 bridgehead atoms. The summed E-state index contributed by atoms with van der Waals surface area (Å²) in [5, 5.41) is 3.38. The van der Waals surface area contributed by atoms with E-state index in [0.29, 0.717) is 12.5 Å². The van der Waals surface area contributed by atoms with Crippen LogP contribution < -0.4 is 5.32 Å². The molecule has 1 unspecified atom stereocenters. The normalized spacial score (nSPS) is 22.6. The van der Waals surface area contributed by atoms with E-state index in [2.05, 4.69) is 15.2 Å². The number of hydrogen-bond acceptors (Lipinski definition) is 2. The monoisotopic (exact) mass is 365 g/mol. The fourth-order valence-electron chi connectivity index (χ4n) is 4.41. The Morgan fingerprint density at radius 3 is 2.58 bits per heavy atom. The number of nitrogens with zero attached hydrogens (tertiary/aromatic N) is 2. The van der Waals surface area contributed by atoms with Crippen LogP contribution in [-0.2, 0) is 10.2 Å². The Bertz CT molecular complexity index is 618. The molecule has 3 rings (SSSR count). The molecule has 26 heavy (non-hydrogen) atoms. The minimum absolute atomic E-state index is 0.229. The molecule has 1 aromatic rings. The maximum atomic E-state index is 14.5.